The monoisotopic (exact) mass is 498 g/mol. The van der Waals surface area contributed by atoms with Crippen LogP contribution in [0.4, 0.5) is 0 Å². The largest absolute Gasteiger partial charge is 1.00 e. The SMILES string of the molecule is CC12CCc3c(cc(O[Si](C)(C)C(C)(C)C)c4cc(OSOO[O-])ccc34)C1CCC2=O.[Na+]. The Morgan fingerprint density at radius 3 is 2.55 bits per heavy atom. The van der Waals surface area contributed by atoms with Crippen LogP contribution in [-0.4, -0.2) is 14.1 Å². The van der Waals surface area contributed by atoms with Crippen LogP contribution in [0.25, 0.3) is 10.8 Å². The van der Waals surface area contributed by atoms with Crippen LogP contribution >= 0.6 is 12.3 Å². The van der Waals surface area contributed by atoms with Gasteiger partial charge in [0.1, 0.15) is 17.3 Å². The summed E-state index contributed by atoms with van der Waals surface area (Å²) in [6.45, 7) is 13.3. The summed E-state index contributed by atoms with van der Waals surface area (Å²) >= 11 is 0.475. The minimum atomic E-state index is -2.12. The van der Waals surface area contributed by atoms with Crippen molar-refractivity contribution >= 4 is 37.2 Å². The van der Waals surface area contributed by atoms with Crippen molar-refractivity contribution in [2.75, 3.05) is 0 Å². The van der Waals surface area contributed by atoms with Crippen LogP contribution in [0.15, 0.2) is 24.3 Å². The zero-order valence-corrected chi connectivity index (χ0v) is 24.4. The fourth-order valence-electron chi connectivity index (χ4n) is 4.94. The molecule has 0 N–H and O–H groups in total. The molecule has 4 rings (SSSR count). The Balaban J connectivity index is 0.00000306. The van der Waals surface area contributed by atoms with Crippen molar-refractivity contribution in [3.63, 3.8) is 0 Å². The molecule has 1 saturated carbocycles. The van der Waals surface area contributed by atoms with Crippen molar-refractivity contribution in [1.82, 2.24) is 0 Å². The first kappa shape index (κ1) is 27.0. The Labute approximate surface area is 223 Å². The number of rotatable bonds is 6. The second-order valence-electron chi connectivity index (χ2n) is 10.7. The van der Waals surface area contributed by atoms with Crippen molar-refractivity contribution < 1.29 is 57.6 Å². The number of benzene rings is 2. The topological polar surface area (TPSA) is 77.1 Å². The third-order valence-corrected chi connectivity index (χ3v) is 12.6. The Morgan fingerprint density at radius 2 is 1.88 bits per heavy atom. The molecule has 6 nitrogen and oxygen atoms in total. The summed E-state index contributed by atoms with van der Waals surface area (Å²) < 4.78 is 16.5. The van der Waals surface area contributed by atoms with Gasteiger partial charge in [0.05, 0.1) is 0 Å². The maximum atomic E-state index is 12.7. The van der Waals surface area contributed by atoms with Crippen molar-refractivity contribution in [2.45, 2.75) is 77.4 Å². The summed E-state index contributed by atoms with van der Waals surface area (Å²) in [4.78, 5) is 12.7. The molecule has 2 aliphatic rings. The first-order valence-corrected chi connectivity index (χ1v) is 14.7. The number of hydrogen-bond donors (Lipinski definition) is 0. The molecule has 9 heteroatoms. The van der Waals surface area contributed by atoms with Gasteiger partial charge >= 0.3 is 29.6 Å². The average molecular weight is 499 g/mol. The van der Waals surface area contributed by atoms with E-state index in [4.69, 9.17) is 8.61 Å². The molecule has 0 spiro atoms. The molecule has 0 bridgehead atoms. The second-order valence-corrected chi connectivity index (χ2v) is 15.9. The predicted octanol–water partition coefficient (Wildman–Crippen LogP) is 2.79. The number of carbonyl (C=O) groups excluding carboxylic acids is 1. The minimum absolute atomic E-state index is 0. The number of hydrogen-bond acceptors (Lipinski definition) is 7. The zero-order chi connectivity index (χ0) is 23.3. The maximum Gasteiger partial charge on any atom is 1.00 e. The van der Waals surface area contributed by atoms with Crippen LogP contribution in [0.1, 0.15) is 64.0 Å². The van der Waals surface area contributed by atoms with Crippen molar-refractivity contribution in [3.8, 4) is 11.5 Å². The van der Waals surface area contributed by atoms with Crippen LogP contribution < -0.4 is 43.4 Å². The average Bonchev–Trinajstić information content (AvgIpc) is 3.02. The summed E-state index contributed by atoms with van der Waals surface area (Å²) in [6, 6.07) is 8.01. The van der Waals surface area contributed by atoms with Gasteiger partial charge in [-0.1, -0.05) is 33.8 Å². The molecule has 0 radical (unpaired) electrons. The maximum absolute atomic E-state index is 12.7. The van der Waals surface area contributed by atoms with E-state index >= 15 is 0 Å². The molecule has 33 heavy (non-hydrogen) atoms. The van der Waals surface area contributed by atoms with E-state index in [1.807, 2.05) is 18.2 Å². The summed E-state index contributed by atoms with van der Waals surface area (Å²) in [5.41, 5.74) is 2.29. The van der Waals surface area contributed by atoms with Crippen LogP contribution in [0.3, 0.4) is 0 Å². The summed E-state index contributed by atoms with van der Waals surface area (Å²) in [6.07, 6.45) is 3.30. The smallest absolute Gasteiger partial charge is 0.691 e. The van der Waals surface area contributed by atoms with Crippen LogP contribution in [0, 0.1) is 5.41 Å². The van der Waals surface area contributed by atoms with Gasteiger partial charge in [0.15, 0.2) is 0 Å². The molecule has 0 saturated heterocycles. The zero-order valence-electron chi connectivity index (χ0n) is 20.6. The second kappa shape index (κ2) is 9.82. The van der Waals surface area contributed by atoms with Gasteiger partial charge in [-0.15, -0.1) is 4.33 Å². The number of aryl methyl sites for hydroxylation is 1. The molecule has 0 heterocycles. The van der Waals surface area contributed by atoms with Gasteiger partial charge in [-0.3, -0.25) is 9.83 Å². The quantitative estimate of drug-likeness (QED) is 0.199. The molecule has 174 valence electrons. The van der Waals surface area contributed by atoms with Gasteiger partial charge in [-0.25, -0.2) is 0 Å². The van der Waals surface area contributed by atoms with Crippen molar-refractivity contribution in [3.05, 3.63) is 35.4 Å². The fourth-order valence-corrected chi connectivity index (χ4v) is 6.20. The third-order valence-electron chi connectivity index (χ3n) is 7.91. The summed E-state index contributed by atoms with van der Waals surface area (Å²) in [5, 5.41) is 15.6. The van der Waals surface area contributed by atoms with Crippen molar-refractivity contribution in [1.29, 1.82) is 0 Å². The number of Topliss-reactive ketones (excluding diaryl/α,β-unsaturated/α-hetero) is 1. The predicted molar refractivity (Wildman–Crippen MR) is 126 cm³/mol. The van der Waals surface area contributed by atoms with Crippen LogP contribution in [0.2, 0.25) is 18.1 Å². The van der Waals surface area contributed by atoms with E-state index in [-0.39, 0.29) is 45.9 Å². The van der Waals surface area contributed by atoms with Gasteiger partial charge in [0.25, 0.3) is 20.6 Å². The van der Waals surface area contributed by atoms with E-state index in [1.54, 1.807) is 0 Å². The van der Waals surface area contributed by atoms with E-state index in [0.717, 1.165) is 35.8 Å². The molecule has 2 aromatic rings. The molecule has 2 aliphatic carbocycles. The van der Waals surface area contributed by atoms with E-state index in [1.165, 1.54) is 11.1 Å². The van der Waals surface area contributed by atoms with Gasteiger partial charge in [-0.2, -0.15) is 0 Å². The van der Waals surface area contributed by atoms with Gasteiger partial charge < -0.3 is 13.9 Å². The van der Waals surface area contributed by atoms with Crippen LogP contribution in [-0.2, 0) is 20.6 Å². The molecule has 2 unspecified atom stereocenters. The van der Waals surface area contributed by atoms with Crippen LogP contribution in [0.5, 0.6) is 11.5 Å². The van der Waals surface area contributed by atoms with Gasteiger partial charge in [0.2, 0.25) is 0 Å². The molecule has 2 aromatic carbocycles. The van der Waals surface area contributed by atoms with Gasteiger partial charge in [0, 0.05) is 17.2 Å². The summed E-state index contributed by atoms with van der Waals surface area (Å²) in [5.74, 6) is 2.00. The Bertz CT molecular complexity index is 1050. The molecule has 0 aliphatic heterocycles. The van der Waals surface area contributed by atoms with Crippen molar-refractivity contribution in [2.24, 2.45) is 5.41 Å². The number of fused-ring (bicyclic) bond motifs is 5. The Morgan fingerprint density at radius 1 is 1.15 bits per heavy atom. The molecule has 1 fully saturated rings. The number of ketones is 1. The third kappa shape index (κ3) is 4.91. The van der Waals surface area contributed by atoms with E-state index in [0.29, 0.717) is 30.3 Å². The Kier molecular flexibility index (Phi) is 8.03. The Hall–Kier alpha value is -0.583. The number of carbonyl (C=O) groups is 1. The van der Waals surface area contributed by atoms with Gasteiger partial charge in [-0.05, 0) is 78.0 Å². The van der Waals surface area contributed by atoms with E-state index in [2.05, 4.69) is 56.2 Å². The normalized spacial score (nSPS) is 22.5. The summed E-state index contributed by atoms with van der Waals surface area (Å²) in [7, 11) is -2.12. The molecule has 0 aromatic heterocycles. The van der Waals surface area contributed by atoms with E-state index < -0.39 is 8.32 Å². The molecule has 2 atom stereocenters. The van der Waals surface area contributed by atoms with E-state index in [9.17, 15) is 10.1 Å². The standard InChI is InChI=1S/C24H32O6SSi.Na/c1-23(2,3)32(5,6)28-21-14-18-17(11-12-24(4)20(18)9-10-22(24)25)16-8-7-15(13-19(16)21)27-31-30-29-26;/h7-8,13-14,20,26H,9-12H2,1-6H3;/q;+1/p-1. The molecule has 0 amide bonds. The first-order valence-electron chi connectivity index (χ1n) is 11.1. The minimum Gasteiger partial charge on any atom is -0.691 e. The molecular weight excluding hydrogens is 467 g/mol. The first-order chi connectivity index (χ1) is 15.0. The fraction of sp³-hybridized carbons (Fsp3) is 0.542. The molecular formula is C24H31NaO6SSi.